The Labute approximate surface area is 127 Å². The van der Waals surface area contributed by atoms with E-state index in [1.807, 2.05) is 30.3 Å². The number of ether oxygens (including phenoxy) is 1. The molecule has 0 radical (unpaired) electrons. The summed E-state index contributed by atoms with van der Waals surface area (Å²) in [6.45, 7) is 4.63. The van der Waals surface area contributed by atoms with Crippen LogP contribution in [-0.2, 0) is 15.5 Å². The molecule has 0 saturated heterocycles. The normalized spacial score (nSPS) is 18.5. The van der Waals surface area contributed by atoms with Gasteiger partial charge in [-0.3, -0.25) is 4.21 Å². The quantitative estimate of drug-likeness (QED) is 0.840. The van der Waals surface area contributed by atoms with E-state index in [0.29, 0.717) is 12.4 Å². The van der Waals surface area contributed by atoms with E-state index in [9.17, 15) is 4.21 Å². The van der Waals surface area contributed by atoms with Crippen LogP contribution in [0.4, 0.5) is 0 Å². The fourth-order valence-corrected chi connectivity index (χ4v) is 3.87. The van der Waals surface area contributed by atoms with Crippen molar-refractivity contribution in [3.63, 3.8) is 0 Å². The zero-order valence-electron chi connectivity index (χ0n) is 12.3. The average molecular weight is 298 g/mol. The first-order valence-corrected chi connectivity index (χ1v) is 8.36. The summed E-state index contributed by atoms with van der Waals surface area (Å²) < 4.78 is 18.4. The van der Waals surface area contributed by atoms with Crippen molar-refractivity contribution in [3.05, 3.63) is 70.8 Å². The lowest BCUT2D eigenvalue weighted by Gasteiger charge is -2.22. The second-order valence-corrected chi connectivity index (χ2v) is 6.81. The van der Waals surface area contributed by atoms with E-state index in [4.69, 9.17) is 4.74 Å². The summed E-state index contributed by atoms with van der Waals surface area (Å²) in [5.74, 6) is 1.31. The van der Waals surface area contributed by atoms with Crippen molar-refractivity contribution in [1.29, 1.82) is 0 Å². The van der Waals surface area contributed by atoms with Gasteiger partial charge in [0.05, 0.1) is 21.5 Å². The number of benzene rings is 2. The molecule has 0 spiro atoms. The summed E-state index contributed by atoms with van der Waals surface area (Å²) in [7, 11) is -1.02. The Balaban J connectivity index is 2.22. The minimum atomic E-state index is -1.02. The van der Waals surface area contributed by atoms with Crippen molar-refractivity contribution in [3.8, 4) is 0 Å². The van der Waals surface area contributed by atoms with Gasteiger partial charge in [-0.25, -0.2) is 0 Å². The van der Waals surface area contributed by atoms with Crippen LogP contribution in [0.3, 0.4) is 0 Å². The second-order valence-electron chi connectivity index (χ2n) is 5.30. The second kappa shape index (κ2) is 5.86. The summed E-state index contributed by atoms with van der Waals surface area (Å²) >= 11 is 0. The van der Waals surface area contributed by atoms with Gasteiger partial charge in [-0.2, -0.15) is 0 Å². The molecule has 3 rings (SSSR count). The van der Waals surface area contributed by atoms with Crippen LogP contribution in [0.25, 0.3) is 10.7 Å². The zero-order valence-corrected chi connectivity index (χ0v) is 13.1. The lowest BCUT2D eigenvalue weighted by atomic mass is 10.0. The van der Waals surface area contributed by atoms with E-state index in [1.165, 1.54) is 11.1 Å². The molecule has 2 aromatic rings. The Hall–Kier alpha value is -1.87. The summed E-state index contributed by atoms with van der Waals surface area (Å²) in [6.07, 6.45) is 0. The molecule has 1 atom stereocenters. The maximum Gasteiger partial charge on any atom is 0.143 e. The third-order valence-corrected chi connectivity index (χ3v) is 4.88. The molecule has 0 amide bonds. The predicted octanol–water partition coefficient (Wildman–Crippen LogP) is 3.91. The molecule has 3 heteroatoms. The Bertz CT molecular complexity index is 697. The van der Waals surface area contributed by atoms with E-state index in [1.54, 1.807) is 0 Å². The molecule has 1 aliphatic heterocycles. The van der Waals surface area contributed by atoms with Gasteiger partial charge < -0.3 is 4.74 Å². The lowest BCUT2D eigenvalue weighted by Crippen LogP contribution is -2.16. The standard InChI is InChI=1S/C18H18O2S/c1-13-10-14(2)12-16(11-13)18-17(20-8-9-21(18)19)15-6-4-3-5-7-15/h3-7,10-12H,8-9H2,1-2H3. The lowest BCUT2D eigenvalue weighted by molar-refractivity contribution is 0.299. The number of hydrogen-bond acceptors (Lipinski definition) is 2. The molecular formula is C18H18O2S. The summed E-state index contributed by atoms with van der Waals surface area (Å²) in [5, 5.41) is 0. The van der Waals surface area contributed by atoms with Crippen molar-refractivity contribution in [2.75, 3.05) is 12.4 Å². The minimum Gasteiger partial charge on any atom is -0.491 e. The molecule has 0 fully saturated rings. The first-order valence-electron chi connectivity index (χ1n) is 7.04. The van der Waals surface area contributed by atoms with Gasteiger partial charge in [0, 0.05) is 5.56 Å². The smallest absolute Gasteiger partial charge is 0.143 e. The van der Waals surface area contributed by atoms with Crippen molar-refractivity contribution in [1.82, 2.24) is 0 Å². The van der Waals surface area contributed by atoms with E-state index in [0.717, 1.165) is 21.8 Å². The summed E-state index contributed by atoms with van der Waals surface area (Å²) in [4.78, 5) is 0.819. The molecular weight excluding hydrogens is 280 g/mol. The maximum absolute atomic E-state index is 12.6. The maximum atomic E-state index is 12.6. The Morgan fingerprint density at radius 1 is 0.952 bits per heavy atom. The number of hydrogen-bond donors (Lipinski definition) is 0. The minimum absolute atomic E-state index is 0.505. The van der Waals surface area contributed by atoms with Gasteiger partial charge in [0.1, 0.15) is 12.4 Å². The van der Waals surface area contributed by atoms with Gasteiger partial charge in [0.15, 0.2) is 0 Å². The molecule has 2 aromatic carbocycles. The van der Waals surface area contributed by atoms with Crippen LogP contribution >= 0.6 is 0 Å². The van der Waals surface area contributed by atoms with Crippen LogP contribution in [0, 0.1) is 13.8 Å². The highest BCUT2D eigenvalue weighted by molar-refractivity contribution is 7.95. The monoisotopic (exact) mass is 298 g/mol. The number of aryl methyl sites for hydroxylation is 2. The molecule has 1 unspecified atom stereocenters. The summed E-state index contributed by atoms with van der Waals surface area (Å²) in [6, 6.07) is 16.2. The molecule has 1 aliphatic rings. The largest absolute Gasteiger partial charge is 0.491 e. The van der Waals surface area contributed by atoms with Gasteiger partial charge >= 0.3 is 0 Å². The van der Waals surface area contributed by atoms with Crippen LogP contribution in [0.1, 0.15) is 22.3 Å². The van der Waals surface area contributed by atoms with Crippen LogP contribution in [0.15, 0.2) is 48.5 Å². The molecule has 0 aromatic heterocycles. The van der Waals surface area contributed by atoms with Crippen molar-refractivity contribution >= 4 is 21.5 Å². The third kappa shape index (κ3) is 2.93. The van der Waals surface area contributed by atoms with E-state index < -0.39 is 10.8 Å². The van der Waals surface area contributed by atoms with Gasteiger partial charge in [0.25, 0.3) is 0 Å². The van der Waals surface area contributed by atoms with Gasteiger partial charge in [0.2, 0.25) is 0 Å². The van der Waals surface area contributed by atoms with Crippen LogP contribution in [0.2, 0.25) is 0 Å². The Morgan fingerprint density at radius 2 is 1.62 bits per heavy atom. The highest BCUT2D eigenvalue weighted by Crippen LogP contribution is 2.33. The average Bonchev–Trinajstić information content (AvgIpc) is 2.47. The Kier molecular flexibility index (Phi) is 3.93. The highest BCUT2D eigenvalue weighted by Gasteiger charge is 2.23. The molecule has 108 valence electrons. The molecule has 0 saturated carbocycles. The van der Waals surface area contributed by atoms with Crippen LogP contribution in [-0.4, -0.2) is 16.6 Å². The van der Waals surface area contributed by atoms with Gasteiger partial charge in [-0.1, -0.05) is 59.7 Å². The predicted molar refractivity (Wildman–Crippen MR) is 88.1 cm³/mol. The van der Waals surface area contributed by atoms with Crippen LogP contribution < -0.4 is 0 Å². The van der Waals surface area contributed by atoms with Gasteiger partial charge in [-0.05, 0) is 19.4 Å². The third-order valence-electron chi connectivity index (χ3n) is 3.47. The molecule has 0 bridgehead atoms. The first-order chi connectivity index (χ1) is 10.1. The summed E-state index contributed by atoms with van der Waals surface area (Å²) in [5.41, 5.74) is 4.34. The van der Waals surface area contributed by atoms with E-state index in [2.05, 4.69) is 32.0 Å². The highest BCUT2D eigenvalue weighted by atomic mass is 32.2. The zero-order chi connectivity index (χ0) is 14.8. The SMILES string of the molecule is Cc1cc(C)cc(C2=C(c3ccccc3)OCCS2=O)c1. The molecule has 21 heavy (non-hydrogen) atoms. The fraction of sp³-hybridized carbons (Fsp3) is 0.222. The molecule has 2 nitrogen and oxygen atoms in total. The van der Waals surface area contributed by atoms with Gasteiger partial charge in [-0.15, -0.1) is 0 Å². The molecule has 0 N–H and O–H groups in total. The topological polar surface area (TPSA) is 26.3 Å². The van der Waals surface area contributed by atoms with E-state index in [-0.39, 0.29) is 0 Å². The van der Waals surface area contributed by atoms with Crippen LogP contribution in [0.5, 0.6) is 0 Å². The first kappa shape index (κ1) is 14.1. The van der Waals surface area contributed by atoms with E-state index >= 15 is 0 Å². The molecule has 1 heterocycles. The Morgan fingerprint density at radius 3 is 2.29 bits per heavy atom. The number of rotatable bonds is 2. The fourth-order valence-electron chi connectivity index (χ4n) is 2.66. The van der Waals surface area contributed by atoms with Crippen molar-refractivity contribution in [2.45, 2.75) is 13.8 Å². The van der Waals surface area contributed by atoms with Crippen molar-refractivity contribution < 1.29 is 8.95 Å². The van der Waals surface area contributed by atoms with Crippen molar-refractivity contribution in [2.24, 2.45) is 0 Å². The molecule has 0 aliphatic carbocycles.